The molecule has 0 saturated carbocycles. The van der Waals surface area contributed by atoms with Crippen molar-refractivity contribution in [1.29, 1.82) is 0 Å². The summed E-state index contributed by atoms with van der Waals surface area (Å²) in [5.41, 5.74) is 4.94. The molecule has 0 radical (unpaired) electrons. The van der Waals surface area contributed by atoms with Crippen LogP contribution in [0.3, 0.4) is 0 Å². The van der Waals surface area contributed by atoms with Crippen molar-refractivity contribution in [2.75, 3.05) is 5.75 Å². The van der Waals surface area contributed by atoms with Crippen molar-refractivity contribution in [3.63, 3.8) is 0 Å². The van der Waals surface area contributed by atoms with E-state index in [-0.39, 0.29) is 12.2 Å². The van der Waals surface area contributed by atoms with Gasteiger partial charge in [-0.25, -0.2) is 0 Å². The number of thiol groups is 1. The van der Waals surface area contributed by atoms with Crippen LogP contribution in [0.2, 0.25) is 0 Å². The summed E-state index contributed by atoms with van der Waals surface area (Å²) in [4.78, 5) is 28.1. The van der Waals surface area contributed by atoms with E-state index in [9.17, 15) is 14.4 Å². The van der Waals surface area contributed by atoms with Crippen molar-refractivity contribution >= 4 is 31.2 Å². The zero-order valence-electron chi connectivity index (χ0n) is 6.34. The SMILES string of the molecule is NC(CS)C(=O)O.O=CCC=O. The number of hydrogen-bond donors (Lipinski definition) is 3. The number of aliphatic carboxylic acids is 1. The van der Waals surface area contributed by atoms with Gasteiger partial charge in [0.25, 0.3) is 0 Å². The van der Waals surface area contributed by atoms with Gasteiger partial charge in [0.05, 0.1) is 6.42 Å². The van der Waals surface area contributed by atoms with Crippen LogP contribution in [0.25, 0.3) is 0 Å². The molecule has 0 heterocycles. The largest absolute Gasteiger partial charge is 0.480 e. The number of carboxylic acids is 1. The minimum absolute atomic E-state index is 0.0278. The number of carbonyl (C=O) groups excluding carboxylic acids is 2. The Morgan fingerprint density at radius 3 is 1.92 bits per heavy atom. The topological polar surface area (TPSA) is 97.5 Å². The molecular formula is C6H11NO4S. The first-order chi connectivity index (χ1) is 5.59. The van der Waals surface area contributed by atoms with Crippen molar-refractivity contribution in [2.45, 2.75) is 12.5 Å². The van der Waals surface area contributed by atoms with Crippen LogP contribution >= 0.6 is 12.6 Å². The molecule has 0 aromatic carbocycles. The maximum absolute atomic E-state index is 9.76. The third-order valence-corrected chi connectivity index (χ3v) is 1.10. The van der Waals surface area contributed by atoms with Gasteiger partial charge in [-0.05, 0) is 0 Å². The molecule has 0 spiro atoms. The molecule has 5 nitrogen and oxygen atoms in total. The summed E-state index contributed by atoms with van der Waals surface area (Å²) in [6.07, 6.45) is 1.15. The second-order valence-corrected chi connectivity index (χ2v) is 2.06. The molecule has 1 atom stereocenters. The lowest BCUT2D eigenvalue weighted by atomic mass is 10.4. The first-order valence-electron chi connectivity index (χ1n) is 3.06. The average Bonchev–Trinajstić information content (AvgIpc) is 2.05. The standard InChI is InChI=1S/C3H7NO2S.C3H4O2/c4-2(1-7)3(5)6;4-2-1-3-5/h2,7H,1,4H2,(H,5,6);2-3H,1H2. The van der Waals surface area contributed by atoms with E-state index >= 15 is 0 Å². The summed E-state index contributed by atoms with van der Waals surface area (Å²) >= 11 is 3.65. The van der Waals surface area contributed by atoms with Crippen LogP contribution in [-0.4, -0.2) is 35.4 Å². The van der Waals surface area contributed by atoms with Gasteiger partial charge in [0, 0.05) is 5.75 Å². The van der Waals surface area contributed by atoms with E-state index in [1.165, 1.54) is 0 Å². The average molecular weight is 193 g/mol. The van der Waals surface area contributed by atoms with Crippen molar-refractivity contribution in [2.24, 2.45) is 5.73 Å². The molecule has 0 aliphatic rings. The maximum Gasteiger partial charge on any atom is 0.321 e. The highest BCUT2D eigenvalue weighted by atomic mass is 32.1. The Balaban J connectivity index is 0. The molecule has 0 aromatic heterocycles. The van der Waals surface area contributed by atoms with Gasteiger partial charge < -0.3 is 20.4 Å². The lowest BCUT2D eigenvalue weighted by molar-refractivity contribution is -0.137. The molecule has 0 amide bonds. The number of carbonyl (C=O) groups is 3. The third kappa shape index (κ3) is 11.9. The minimum atomic E-state index is -1.00. The monoisotopic (exact) mass is 193 g/mol. The summed E-state index contributed by atoms with van der Waals surface area (Å²) in [7, 11) is 0. The summed E-state index contributed by atoms with van der Waals surface area (Å²) in [5, 5.41) is 8.01. The van der Waals surface area contributed by atoms with E-state index in [2.05, 4.69) is 12.6 Å². The van der Waals surface area contributed by atoms with E-state index < -0.39 is 12.0 Å². The van der Waals surface area contributed by atoms with E-state index in [0.717, 1.165) is 0 Å². The fraction of sp³-hybridized carbons (Fsp3) is 0.500. The number of carboxylic acid groups (broad SMARTS) is 1. The smallest absolute Gasteiger partial charge is 0.321 e. The molecule has 0 bridgehead atoms. The molecule has 0 rings (SSSR count). The van der Waals surface area contributed by atoms with Crippen LogP contribution in [-0.2, 0) is 14.4 Å². The molecule has 6 heteroatoms. The van der Waals surface area contributed by atoms with Crippen molar-refractivity contribution in [3.05, 3.63) is 0 Å². The Kier molecular flexibility index (Phi) is 11.5. The third-order valence-electron chi connectivity index (χ3n) is 0.706. The van der Waals surface area contributed by atoms with Gasteiger partial charge >= 0.3 is 5.97 Å². The number of nitrogens with two attached hydrogens (primary N) is 1. The normalized spacial score (nSPS) is 10.5. The predicted molar refractivity (Wildman–Crippen MR) is 46.2 cm³/mol. The quantitative estimate of drug-likeness (QED) is 0.305. The van der Waals surface area contributed by atoms with Crippen molar-refractivity contribution in [3.8, 4) is 0 Å². The van der Waals surface area contributed by atoms with Crippen molar-refractivity contribution in [1.82, 2.24) is 0 Å². The van der Waals surface area contributed by atoms with Crippen LogP contribution in [0.15, 0.2) is 0 Å². The number of rotatable bonds is 4. The minimum Gasteiger partial charge on any atom is -0.480 e. The first-order valence-corrected chi connectivity index (χ1v) is 3.69. The van der Waals surface area contributed by atoms with Gasteiger partial charge in [-0.1, -0.05) is 0 Å². The second-order valence-electron chi connectivity index (χ2n) is 1.70. The van der Waals surface area contributed by atoms with E-state index in [1.807, 2.05) is 0 Å². The molecule has 0 aliphatic carbocycles. The fourth-order valence-electron chi connectivity index (χ4n) is 0.117. The van der Waals surface area contributed by atoms with Gasteiger partial charge in [0.15, 0.2) is 0 Å². The highest BCUT2D eigenvalue weighted by Gasteiger charge is 2.06. The van der Waals surface area contributed by atoms with Crippen LogP contribution in [0.4, 0.5) is 0 Å². The second kappa shape index (κ2) is 10.1. The summed E-state index contributed by atoms with van der Waals surface area (Å²) in [6, 6.07) is -0.816. The molecule has 0 saturated heterocycles. The molecule has 0 aliphatic heterocycles. The molecule has 0 fully saturated rings. The van der Waals surface area contributed by atoms with Crippen molar-refractivity contribution < 1.29 is 19.5 Å². The molecule has 12 heavy (non-hydrogen) atoms. The van der Waals surface area contributed by atoms with Gasteiger partial charge in [-0.2, -0.15) is 12.6 Å². The van der Waals surface area contributed by atoms with E-state index in [0.29, 0.717) is 12.6 Å². The first kappa shape index (κ1) is 13.7. The highest BCUT2D eigenvalue weighted by molar-refractivity contribution is 7.80. The molecule has 70 valence electrons. The summed E-state index contributed by atoms with van der Waals surface area (Å²) < 4.78 is 0. The molecule has 0 aromatic rings. The lowest BCUT2D eigenvalue weighted by Gasteiger charge is -1.96. The van der Waals surface area contributed by atoms with Gasteiger partial charge in [0.2, 0.25) is 0 Å². The van der Waals surface area contributed by atoms with Gasteiger partial charge in [0.1, 0.15) is 18.6 Å². The van der Waals surface area contributed by atoms with E-state index in [4.69, 9.17) is 10.8 Å². The molecule has 3 N–H and O–H groups in total. The number of hydrogen-bond acceptors (Lipinski definition) is 5. The van der Waals surface area contributed by atoms with Crippen LogP contribution in [0.1, 0.15) is 6.42 Å². The van der Waals surface area contributed by atoms with Gasteiger partial charge in [-0.15, -0.1) is 0 Å². The van der Waals surface area contributed by atoms with E-state index in [1.54, 1.807) is 0 Å². The van der Waals surface area contributed by atoms with Crippen LogP contribution in [0.5, 0.6) is 0 Å². The Morgan fingerprint density at radius 1 is 1.50 bits per heavy atom. The van der Waals surface area contributed by atoms with Gasteiger partial charge in [-0.3, -0.25) is 4.79 Å². The summed E-state index contributed by atoms with van der Waals surface area (Å²) in [6.45, 7) is 0. The predicted octanol–water partition coefficient (Wildman–Crippen LogP) is -0.898. The number of aldehydes is 2. The Labute approximate surface area is 75.3 Å². The Hall–Kier alpha value is -0.880. The molecular weight excluding hydrogens is 182 g/mol. The zero-order chi connectivity index (χ0) is 9.98. The summed E-state index contributed by atoms with van der Waals surface area (Å²) in [5.74, 6) is -0.815. The van der Waals surface area contributed by atoms with Crippen LogP contribution < -0.4 is 5.73 Å². The Bertz CT molecular complexity index is 144. The van der Waals surface area contributed by atoms with Crippen LogP contribution in [0, 0.1) is 0 Å². The highest BCUT2D eigenvalue weighted by Crippen LogP contribution is 1.80. The lowest BCUT2D eigenvalue weighted by Crippen LogP contribution is -2.31. The fourth-order valence-corrected chi connectivity index (χ4v) is 0.274. The zero-order valence-corrected chi connectivity index (χ0v) is 7.24. The maximum atomic E-state index is 9.76. The Morgan fingerprint density at radius 2 is 1.92 bits per heavy atom. The molecule has 1 unspecified atom stereocenters.